The van der Waals surface area contributed by atoms with Gasteiger partial charge < -0.3 is 4.74 Å². The third-order valence-corrected chi connectivity index (χ3v) is 2.89. The van der Waals surface area contributed by atoms with E-state index in [4.69, 9.17) is 16.3 Å². The molecule has 0 saturated carbocycles. The van der Waals surface area contributed by atoms with Crippen LogP contribution in [0.4, 0.5) is 0 Å². The van der Waals surface area contributed by atoms with Gasteiger partial charge in [0.05, 0.1) is 0 Å². The van der Waals surface area contributed by atoms with Crippen molar-refractivity contribution in [3.63, 3.8) is 0 Å². The Morgan fingerprint density at radius 3 is 2.80 bits per heavy atom. The fourth-order valence-corrected chi connectivity index (χ4v) is 1.96. The van der Waals surface area contributed by atoms with E-state index in [-0.39, 0.29) is 0 Å². The molecule has 0 radical (unpaired) electrons. The highest BCUT2D eigenvalue weighted by Gasteiger charge is 2.09. The van der Waals surface area contributed by atoms with E-state index in [9.17, 15) is 0 Å². The van der Waals surface area contributed by atoms with Gasteiger partial charge in [0.2, 0.25) is 0 Å². The number of alkyl halides is 1. The normalized spacial score (nSPS) is 12.7. The molecule has 15 heavy (non-hydrogen) atoms. The van der Waals surface area contributed by atoms with Crippen LogP contribution in [0.15, 0.2) is 24.3 Å². The standard InChI is InChI=1S/C13H19ClO/c1-3-15-8-7-13(10-14)12-6-4-5-11(2)9-12/h4-6,9,13H,3,7-8,10H2,1-2H3. The summed E-state index contributed by atoms with van der Waals surface area (Å²) in [5.41, 5.74) is 2.61. The lowest BCUT2D eigenvalue weighted by Crippen LogP contribution is -2.05. The van der Waals surface area contributed by atoms with Crippen LogP contribution < -0.4 is 0 Å². The molecule has 0 spiro atoms. The van der Waals surface area contributed by atoms with Crippen molar-refractivity contribution in [2.75, 3.05) is 19.1 Å². The van der Waals surface area contributed by atoms with E-state index in [1.807, 2.05) is 6.92 Å². The molecule has 0 aliphatic rings. The van der Waals surface area contributed by atoms with Crippen LogP contribution in [0.3, 0.4) is 0 Å². The number of ether oxygens (including phenoxy) is 1. The largest absolute Gasteiger partial charge is 0.382 e. The van der Waals surface area contributed by atoms with Crippen molar-refractivity contribution in [2.24, 2.45) is 0 Å². The quantitative estimate of drug-likeness (QED) is 0.530. The highest BCUT2D eigenvalue weighted by atomic mass is 35.5. The van der Waals surface area contributed by atoms with Crippen molar-refractivity contribution in [1.29, 1.82) is 0 Å². The second kappa shape index (κ2) is 6.86. The van der Waals surface area contributed by atoms with Gasteiger partial charge in [-0.2, -0.15) is 0 Å². The number of aryl methyl sites for hydroxylation is 1. The molecular weight excluding hydrogens is 208 g/mol. The first-order chi connectivity index (χ1) is 7.27. The minimum atomic E-state index is 0.415. The maximum Gasteiger partial charge on any atom is 0.0472 e. The molecule has 1 nitrogen and oxygen atoms in total. The van der Waals surface area contributed by atoms with Crippen LogP contribution >= 0.6 is 11.6 Å². The van der Waals surface area contributed by atoms with E-state index in [1.165, 1.54) is 11.1 Å². The number of rotatable bonds is 6. The molecule has 0 aliphatic carbocycles. The molecule has 0 amide bonds. The Labute approximate surface area is 97.4 Å². The Kier molecular flexibility index (Phi) is 5.74. The Morgan fingerprint density at radius 1 is 1.40 bits per heavy atom. The summed E-state index contributed by atoms with van der Waals surface area (Å²) in [6.45, 7) is 5.70. The lowest BCUT2D eigenvalue weighted by molar-refractivity contribution is 0.141. The Balaban J connectivity index is 2.57. The minimum absolute atomic E-state index is 0.415. The fourth-order valence-electron chi connectivity index (χ4n) is 1.63. The lowest BCUT2D eigenvalue weighted by Gasteiger charge is -2.14. The van der Waals surface area contributed by atoms with Crippen molar-refractivity contribution in [3.8, 4) is 0 Å². The molecule has 0 saturated heterocycles. The Hall–Kier alpha value is -0.530. The van der Waals surface area contributed by atoms with Crippen LogP contribution in [-0.2, 0) is 4.74 Å². The van der Waals surface area contributed by atoms with Crippen molar-refractivity contribution in [1.82, 2.24) is 0 Å². The summed E-state index contributed by atoms with van der Waals surface area (Å²) in [5.74, 6) is 1.08. The van der Waals surface area contributed by atoms with Crippen LogP contribution in [0.25, 0.3) is 0 Å². The number of hydrogen-bond donors (Lipinski definition) is 0. The lowest BCUT2D eigenvalue weighted by atomic mass is 9.96. The van der Waals surface area contributed by atoms with Crippen molar-refractivity contribution in [3.05, 3.63) is 35.4 Å². The molecule has 84 valence electrons. The fraction of sp³-hybridized carbons (Fsp3) is 0.538. The predicted octanol–water partition coefficient (Wildman–Crippen LogP) is 3.74. The zero-order valence-corrected chi connectivity index (χ0v) is 10.3. The van der Waals surface area contributed by atoms with E-state index in [0.29, 0.717) is 11.8 Å². The van der Waals surface area contributed by atoms with Gasteiger partial charge >= 0.3 is 0 Å². The van der Waals surface area contributed by atoms with E-state index in [0.717, 1.165) is 19.6 Å². The monoisotopic (exact) mass is 226 g/mol. The minimum Gasteiger partial charge on any atom is -0.382 e. The average Bonchev–Trinajstić information content (AvgIpc) is 2.24. The predicted molar refractivity (Wildman–Crippen MR) is 65.8 cm³/mol. The Bertz CT molecular complexity index is 286. The van der Waals surface area contributed by atoms with Gasteiger partial charge in [0.15, 0.2) is 0 Å². The summed E-state index contributed by atoms with van der Waals surface area (Å²) in [5, 5.41) is 0. The average molecular weight is 227 g/mol. The molecule has 0 aromatic heterocycles. The maximum atomic E-state index is 5.98. The first-order valence-corrected chi connectivity index (χ1v) is 6.01. The van der Waals surface area contributed by atoms with Gasteiger partial charge in [0.1, 0.15) is 0 Å². The molecule has 0 bridgehead atoms. The number of benzene rings is 1. The molecule has 0 fully saturated rings. The van der Waals surface area contributed by atoms with Crippen LogP contribution in [0, 0.1) is 6.92 Å². The summed E-state index contributed by atoms with van der Waals surface area (Å²) < 4.78 is 5.36. The zero-order valence-electron chi connectivity index (χ0n) is 9.50. The highest BCUT2D eigenvalue weighted by Crippen LogP contribution is 2.22. The third kappa shape index (κ3) is 4.23. The van der Waals surface area contributed by atoms with E-state index >= 15 is 0 Å². The van der Waals surface area contributed by atoms with Crippen LogP contribution in [0.1, 0.15) is 30.4 Å². The molecular formula is C13H19ClO. The molecule has 2 heteroatoms. The maximum absolute atomic E-state index is 5.98. The van der Waals surface area contributed by atoms with Crippen molar-refractivity contribution >= 4 is 11.6 Å². The van der Waals surface area contributed by atoms with Gasteiger partial charge in [-0.1, -0.05) is 29.8 Å². The van der Waals surface area contributed by atoms with Gasteiger partial charge in [-0.25, -0.2) is 0 Å². The molecule has 0 aliphatic heterocycles. The van der Waals surface area contributed by atoms with Gasteiger partial charge in [-0.05, 0) is 31.7 Å². The molecule has 1 atom stereocenters. The highest BCUT2D eigenvalue weighted by molar-refractivity contribution is 6.18. The van der Waals surface area contributed by atoms with Gasteiger partial charge in [0, 0.05) is 19.1 Å². The van der Waals surface area contributed by atoms with Crippen LogP contribution in [0.5, 0.6) is 0 Å². The van der Waals surface area contributed by atoms with Crippen molar-refractivity contribution in [2.45, 2.75) is 26.2 Å². The molecule has 0 heterocycles. The van der Waals surface area contributed by atoms with Gasteiger partial charge in [0.25, 0.3) is 0 Å². The number of hydrogen-bond acceptors (Lipinski definition) is 1. The van der Waals surface area contributed by atoms with E-state index < -0.39 is 0 Å². The first-order valence-electron chi connectivity index (χ1n) is 5.48. The summed E-state index contributed by atoms with van der Waals surface area (Å²) >= 11 is 5.98. The van der Waals surface area contributed by atoms with Gasteiger partial charge in [-0.15, -0.1) is 11.6 Å². The zero-order chi connectivity index (χ0) is 11.1. The smallest absolute Gasteiger partial charge is 0.0472 e. The molecule has 1 aromatic rings. The SMILES string of the molecule is CCOCCC(CCl)c1cccc(C)c1. The second-order valence-electron chi connectivity index (χ2n) is 3.75. The summed E-state index contributed by atoms with van der Waals surface area (Å²) in [4.78, 5) is 0. The summed E-state index contributed by atoms with van der Waals surface area (Å²) in [7, 11) is 0. The van der Waals surface area contributed by atoms with Crippen LogP contribution in [0.2, 0.25) is 0 Å². The molecule has 0 N–H and O–H groups in total. The molecule has 1 rings (SSSR count). The Morgan fingerprint density at radius 2 is 2.20 bits per heavy atom. The van der Waals surface area contributed by atoms with E-state index in [2.05, 4.69) is 31.2 Å². The van der Waals surface area contributed by atoms with Crippen molar-refractivity contribution < 1.29 is 4.74 Å². The third-order valence-electron chi connectivity index (χ3n) is 2.51. The summed E-state index contributed by atoms with van der Waals surface area (Å²) in [6.07, 6.45) is 1.00. The molecule has 1 aromatic carbocycles. The molecule has 1 unspecified atom stereocenters. The second-order valence-corrected chi connectivity index (χ2v) is 4.06. The number of halogens is 1. The first kappa shape index (κ1) is 12.5. The van der Waals surface area contributed by atoms with Crippen LogP contribution in [-0.4, -0.2) is 19.1 Å². The van der Waals surface area contributed by atoms with Gasteiger partial charge in [-0.3, -0.25) is 0 Å². The topological polar surface area (TPSA) is 9.23 Å². The summed E-state index contributed by atoms with van der Waals surface area (Å²) in [6, 6.07) is 8.55. The van der Waals surface area contributed by atoms with E-state index in [1.54, 1.807) is 0 Å².